The normalized spacial score (nSPS) is 15.3. The zero-order valence-electron chi connectivity index (χ0n) is 17.6. The molecule has 0 bridgehead atoms. The molecule has 30 heavy (non-hydrogen) atoms. The summed E-state index contributed by atoms with van der Waals surface area (Å²) in [4.78, 5) is 13.0. The maximum Gasteiger partial charge on any atom is 0.188 e. The number of carbonyl (C=O) groups is 1. The molecule has 0 aliphatic carbocycles. The average Bonchev–Trinajstić information content (AvgIpc) is 2.76. The summed E-state index contributed by atoms with van der Waals surface area (Å²) in [6, 6.07) is 9.04. The minimum Gasteiger partial charge on any atom is -0.484 e. The summed E-state index contributed by atoms with van der Waals surface area (Å²) in [5.41, 5.74) is 1.95. The molecule has 1 aliphatic rings. The summed E-state index contributed by atoms with van der Waals surface area (Å²) < 4.78 is 37.8. The molecule has 0 radical (unpaired) electrons. The molecule has 8 nitrogen and oxygen atoms in total. The monoisotopic (exact) mass is 418 g/mol. The number of benzene rings is 2. The van der Waals surface area contributed by atoms with Gasteiger partial charge in [0.2, 0.25) is 0 Å². The van der Waals surface area contributed by atoms with Gasteiger partial charge in [-0.15, -0.1) is 0 Å². The zero-order chi connectivity index (χ0) is 21.5. The van der Waals surface area contributed by atoms with Crippen molar-refractivity contribution < 1.29 is 38.0 Å². The van der Waals surface area contributed by atoms with Gasteiger partial charge >= 0.3 is 0 Å². The Balaban J connectivity index is 1.92. The van der Waals surface area contributed by atoms with Crippen LogP contribution < -0.4 is 18.9 Å². The van der Waals surface area contributed by atoms with Crippen molar-refractivity contribution in [3.63, 3.8) is 0 Å². The van der Waals surface area contributed by atoms with Gasteiger partial charge in [0, 0.05) is 33.0 Å². The molecule has 162 valence electrons. The van der Waals surface area contributed by atoms with Gasteiger partial charge in [0.15, 0.2) is 26.2 Å². The number of Topliss-reactive ketones (excluding diaryl/α,β-unsaturated/α-hetero) is 1. The first kappa shape index (κ1) is 21.9. The Morgan fingerprint density at radius 3 is 2.13 bits per heavy atom. The molecule has 0 amide bonds. The van der Waals surface area contributed by atoms with E-state index in [1.165, 1.54) is 14.2 Å². The largest absolute Gasteiger partial charge is 0.484 e. The van der Waals surface area contributed by atoms with E-state index in [1.54, 1.807) is 13.2 Å². The van der Waals surface area contributed by atoms with Gasteiger partial charge in [0.1, 0.15) is 34.7 Å². The molecule has 1 atom stereocenters. The Morgan fingerprint density at radius 1 is 0.900 bits per heavy atom. The molecule has 2 aromatic rings. The lowest BCUT2D eigenvalue weighted by atomic mass is 9.93. The maximum absolute atomic E-state index is 13.0. The van der Waals surface area contributed by atoms with Crippen LogP contribution in [0.1, 0.15) is 34.0 Å². The fourth-order valence-corrected chi connectivity index (χ4v) is 3.18. The Morgan fingerprint density at radius 2 is 1.50 bits per heavy atom. The SMILES string of the molecule is COCOc1ccc(C2CC(=O)c3c(OCOC)cc(OCOC)c(C)c3O2)cc1. The van der Waals surface area contributed by atoms with Crippen LogP contribution in [0.3, 0.4) is 0 Å². The van der Waals surface area contributed by atoms with Crippen molar-refractivity contribution >= 4 is 5.78 Å². The van der Waals surface area contributed by atoms with E-state index in [0.29, 0.717) is 34.1 Å². The van der Waals surface area contributed by atoms with Crippen LogP contribution >= 0.6 is 0 Å². The molecule has 0 saturated heterocycles. The molecule has 1 aliphatic heterocycles. The van der Waals surface area contributed by atoms with E-state index in [-0.39, 0.29) is 32.6 Å². The summed E-state index contributed by atoms with van der Waals surface area (Å²) in [5.74, 6) is 1.91. The van der Waals surface area contributed by atoms with Gasteiger partial charge < -0.3 is 33.2 Å². The maximum atomic E-state index is 13.0. The van der Waals surface area contributed by atoms with Gasteiger partial charge in [0.05, 0.1) is 6.42 Å². The number of hydrogen-bond donors (Lipinski definition) is 0. The fraction of sp³-hybridized carbons (Fsp3) is 0.409. The van der Waals surface area contributed by atoms with Crippen LogP contribution in [0.4, 0.5) is 0 Å². The summed E-state index contributed by atoms with van der Waals surface area (Å²) in [6.07, 6.45) is -0.250. The van der Waals surface area contributed by atoms with Crippen LogP contribution in [0.25, 0.3) is 0 Å². The molecule has 0 spiro atoms. The molecule has 2 aromatic carbocycles. The van der Waals surface area contributed by atoms with E-state index in [2.05, 4.69) is 0 Å². The molecular formula is C22H26O8. The Hall–Kier alpha value is -2.81. The molecule has 0 saturated carbocycles. The van der Waals surface area contributed by atoms with Crippen molar-refractivity contribution in [1.29, 1.82) is 0 Å². The highest BCUT2D eigenvalue weighted by atomic mass is 16.7. The molecule has 8 heteroatoms. The summed E-state index contributed by atoms with van der Waals surface area (Å²) in [7, 11) is 4.61. The third-order valence-electron chi connectivity index (χ3n) is 4.62. The second kappa shape index (κ2) is 10.3. The van der Waals surface area contributed by atoms with Crippen LogP contribution in [0.15, 0.2) is 30.3 Å². The van der Waals surface area contributed by atoms with E-state index in [9.17, 15) is 4.79 Å². The van der Waals surface area contributed by atoms with Gasteiger partial charge in [-0.3, -0.25) is 4.79 Å². The van der Waals surface area contributed by atoms with E-state index < -0.39 is 6.10 Å². The van der Waals surface area contributed by atoms with Crippen molar-refractivity contribution in [2.75, 3.05) is 41.7 Å². The Labute approximate surface area is 175 Å². The third kappa shape index (κ3) is 4.84. The minimum absolute atomic E-state index is 0.00113. The average molecular weight is 418 g/mol. The van der Waals surface area contributed by atoms with E-state index in [4.69, 9.17) is 33.2 Å². The van der Waals surface area contributed by atoms with Gasteiger partial charge in [-0.05, 0) is 24.6 Å². The molecule has 1 heterocycles. The number of ketones is 1. The minimum atomic E-state index is -0.437. The van der Waals surface area contributed by atoms with Crippen LogP contribution in [-0.4, -0.2) is 47.5 Å². The summed E-state index contributed by atoms with van der Waals surface area (Å²) >= 11 is 0. The number of methoxy groups -OCH3 is 3. The molecule has 3 rings (SSSR count). The van der Waals surface area contributed by atoms with Crippen LogP contribution in [-0.2, 0) is 14.2 Å². The molecule has 0 fully saturated rings. The second-order valence-electron chi connectivity index (χ2n) is 6.66. The van der Waals surface area contributed by atoms with Crippen LogP contribution in [0, 0.1) is 6.92 Å². The Bertz CT molecular complexity index is 862. The topological polar surface area (TPSA) is 81.7 Å². The van der Waals surface area contributed by atoms with E-state index in [1.807, 2.05) is 31.2 Å². The van der Waals surface area contributed by atoms with Crippen molar-refractivity contribution in [1.82, 2.24) is 0 Å². The molecule has 0 aromatic heterocycles. The third-order valence-corrected chi connectivity index (χ3v) is 4.62. The molecule has 1 unspecified atom stereocenters. The van der Waals surface area contributed by atoms with Gasteiger partial charge in [-0.1, -0.05) is 12.1 Å². The summed E-state index contributed by atoms with van der Waals surface area (Å²) in [5, 5.41) is 0. The lowest BCUT2D eigenvalue weighted by Crippen LogP contribution is -2.22. The predicted octanol–water partition coefficient (Wildman–Crippen LogP) is 3.65. The van der Waals surface area contributed by atoms with Gasteiger partial charge in [-0.25, -0.2) is 0 Å². The van der Waals surface area contributed by atoms with Gasteiger partial charge in [0.25, 0.3) is 0 Å². The van der Waals surface area contributed by atoms with Crippen molar-refractivity contribution in [3.8, 4) is 23.0 Å². The van der Waals surface area contributed by atoms with Crippen molar-refractivity contribution in [2.24, 2.45) is 0 Å². The molecular weight excluding hydrogens is 392 g/mol. The van der Waals surface area contributed by atoms with Crippen molar-refractivity contribution in [3.05, 3.63) is 47.0 Å². The first-order valence-electron chi connectivity index (χ1n) is 9.41. The van der Waals surface area contributed by atoms with Crippen LogP contribution in [0.2, 0.25) is 0 Å². The quantitative estimate of drug-likeness (QED) is 0.541. The lowest BCUT2D eigenvalue weighted by molar-refractivity contribution is 0.0434. The predicted molar refractivity (Wildman–Crippen MR) is 107 cm³/mol. The van der Waals surface area contributed by atoms with Crippen molar-refractivity contribution in [2.45, 2.75) is 19.4 Å². The number of fused-ring (bicyclic) bond motifs is 1. The lowest BCUT2D eigenvalue weighted by Gasteiger charge is -2.29. The highest BCUT2D eigenvalue weighted by Gasteiger charge is 2.33. The number of hydrogen-bond acceptors (Lipinski definition) is 8. The number of rotatable bonds is 10. The van der Waals surface area contributed by atoms with E-state index >= 15 is 0 Å². The standard InChI is InChI=1S/C22H26O8/c1-14-18(28-12-25-3)10-20(29-13-26-4)21-17(23)9-19(30-22(14)21)15-5-7-16(8-6-15)27-11-24-2/h5-8,10,19H,9,11-13H2,1-4H3. The first-order chi connectivity index (χ1) is 14.6. The second-order valence-corrected chi connectivity index (χ2v) is 6.66. The zero-order valence-corrected chi connectivity index (χ0v) is 17.6. The smallest absolute Gasteiger partial charge is 0.188 e. The highest BCUT2D eigenvalue weighted by molar-refractivity contribution is 6.03. The first-order valence-corrected chi connectivity index (χ1v) is 9.41. The molecule has 0 N–H and O–H groups in total. The fourth-order valence-electron chi connectivity index (χ4n) is 3.18. The van der Waals surface area contributed by atoms with Crippen LogP contribution in [0.5, 0.6) is 23.0 Å². The van der Waals surface area contributed by atoms with Gasteiger partial charge in [-0.2, -0.15) is 0 Å². The summed E-state index contributed by atoms with van der Waals surface area (Å²) in [6.45, 7) is 2.06. The number of ether oxygens (including phenoxy) is 7. The highest BCUT2D eigenvalue weighted by Crippen LogP contribution is 2.45. The van der Waals surface area contributed by atoms with E-state index in [0.717, 1.165) is 5.56 Å². The Kier molecular flexibility index (Phi) is 7.51. The number of carbonyl (C=O) groups excluding carboxylic acids is 1.